The van der Waals surface area contributed by atoms with Crippen LogP contribution in [-0.4, -0.2) is 40.0 Å². The number of piperidine rings is 1. The number of hydrogen-bond donors (Lipinski definition) is 1. The van der Waals surface area contributed by atoms with Crippen LogP contribution in [0.5, 0.6) is 5.75 Å². The molecule has 0 radical (unpaired) electrons. The Morgan fingerprint density at radius 3 is 2.86 bits per heavy atom. The minimum absolute atomic E-state index is 0.0433. The van der Waals surface area contributed by atoms with Gasteiger partial charge < -0.3 is 14.6 Å². The van der Waals surface area contributed by atoms with Crippen LogP contribution in [0.25, 0.3) is 11.0 Å². The molecule has 2 unspecified atom stereocenters. The van der Waals surface area contributed by atoms with Crippen molar-refractivity contribution in [3.05, 3.63) is 59.4 Å². The van der Waals surface area contributed by atoms with Gasteiger partial charge in [-0.15, -0.1) is 0 Å². The predicted molar refractivity (Wildman–Crippen MR) is 111 cm³/mol. The monoisotopic (exact) mass is 377 g/mol. The molecule has 4 rings (SSSR count). The summed E-state index contributed by atoms with van der Waals surface area (Å²) in [6.45, 7) is 7.38. The van der Waals surface area contributed by atoms with Crippen LogP contribution in [-0.2, 0) is 4.79 Å². The quantitative estimate of drug-likeness (QED) is 0.735. The highest BCUT2D eigenvalue weighted by Gasteiger charge is 2.30. The second-order valence-electron chi connectivity index (χ2n) is 7.72. The second kappa shape index (κ2) is 7.66. The van der Waals surface area contributed by atoms with Crippen molar-refractivity contribution in [1.29, 1.82) is 0 Å². The molecule has 1 amide bonds. The molecular weight excluding hydrogens is 350 g/mol. The average Bonchev–Trinajstić information content (AvgIpc) is 3.15. The Labute approximate surface area is 165 Å². The first-order chi connectivity index (χ1) is 13.5. The van der Waals surface area contributed by atoms with Gasteiger partial charge in [0, 0.05) is 19.0 Å². The minimum atomic E-state index is -0.505. The van der Waals surface area contributed by atoms with E-state index in [0.717, 1.165) is 47.6 Å². The van der Waals surface area contributed by atoms with E-state index >= 15 is 0 Å². The predicted octanol–water partition coefficient (Wildman–Crippen LogP) is 4.35. The summed E-state index contributed by atoms with van der Waals surface area (Å²) in [6, 6.07) is 14.0. The number of rotatable bonds is 4. The summed E-state index contributed by atoms with van der Waals surface area (Å²) >= 11 is 0. The van der Waals surface area contributed by atoms with E-state index in [-0.39, 0.29) is 11.8 Å². The summed E-state index contributed by atoms with van der Waals surface area (Å²) in [5, 5.41) is 0. The van der Waals surface area contributed by atoms with Crippen LogP contribution in [0.1, 0.15) is 42.6 Å². The van der Waals surface area contributed by atoms with Crippen LogP contribution in [0, 0.1) is 13.8 Å². The molecule has 3 aromatic rings. The van der Waals surface area contributed by atoms with Crippen LogP contribution >= 0.6 is 0 Å². The summed E-state index contributed by atoms with van der Waals surface area (Å²) < 4.78 is 6.02. The fourth-order valence-corrected chi connectivity index (χ4v) is 3.92. The molecule has 1 aromatic heterocycles. The number of carbonyl (C=O) groups is 1. The van der Waals surface area contributed by atoms with Gasteiger partial charge in [-0.1, -0.05) is 24.3 Å². The van der Waals surface area contributed by atoms with Gasteiger partial charge in [0.1, 0.15) is 11.6 Å². The first kappa shape index (κ1) is 18.5. The van der Waals surface area contributed by atoms with Crippen LogP contribution in [0.4, 0.5) is 0 Å². The Hall–Kier alpha value is -2.82. The summed E-state index contributed by atoms with van der Waals surface area (Å²) in [7, 11) is 0. The van der Waals surface area contributed by atoms with E-state index in [9.17, 15) is 4.79 Å². The molecule has 0 aliphatic carbocycles. The molecular formula is C23H27N3O2. The lowest BCUT2D eigenvalue weighted by Crippen LogP contribution is -2.45. The van der Waals surface area contributed by atoms with Gasteiger partial charge in [0.25, 0.3) is 5.91 Å². The van der Waals surface area contributed by atoms with Gasteiger partial charge in [-0.05, 0) is 62.9 Å². The third kappa shape index (κ3) is 3.61. The summed E-state index contributed by atoms with van der Waals surface area (Å²) in [4.78, 5) is 23.1. The third-order valence-corrected chi connectivity index (χ3v) is 5.73. The molecule has 2 atom stereocenters. The average molecular weight is 377 g/mol. The Morgan fingerprint density at radius 1 is 1.21 bits per heavy atom. The van der Waals surface area contributed by atoms with Crippen LogP contribution in [0.2, 0.25) is 0 Å². The van der Waals surface area contributed by atoms with E-state index in [2.05, 4.69) is 18.0 Å². The van der Waals surface area contributed by atoms with Crippen LogP contribution < -0.4 is 4.74 Å². The van der Waals surface area contributed by atoms with E-state index in [1.165, 1.54) is 5.56 Å². The number of H-pyrrole nitrogens is 1. The van der Waals surface area contributed by atoms with Crippen molar-refractivity contribution in [2.45, 2.75) is 45.6 Å². The van der Waals surface area contributed by atoms with Crippen LogP contribution in [0.3, 0.4) is 0 Å². The first-order valence-electron chi connectivity index (χ1n) is 9.99. The van der Waals surface area contributed by atoms with Gasteiger partial charge in [-0.25, -0.2) is 4.98 Å². The fraction of sp³-hybridized carbons (Fsp3) is 0.391. The molecule has 28 heavy (non-hydrogen) atoms. The Bertz CT molecular complexity index is 961. The molecule has 0 spiro atoms. The van der Waals surface area contributed by atoms with Gasteiger partial charge in [-0.2, -0.15) is 0 Å². The Morgan fingerprint density at radius 2 is 2.04 bits per heavy atom. The maximum atomic E-state index is 13.0. The minimum Gasteiger partial charge on any atom is -0.481 e. The Balaban J connectivity index is 1.46. The molecule has 2 heterocycles. The lowest BCUT2D eigenvalue weighted by atomic mass is 9.97. The summed E-state index contributed by atoms with van der Waals surface area (Å²) in [5.41, 5.74) is 4.28. The topological polar surface area (TPSA) is 58.2 Å². The van der Waals surface area contributed by atoms with Crippen molar-refractivity contribution >= 4 is 16.9 Å². The number of fused-ring (bicyclic) bond motifs is 1. The molecule has 1 N–H and O–H groups in total. The van der Waals surface area contributed by atoms with E-state index in [4.69, 9.17) is 9.72 Å². The largest absolute Gasteiger partial charge is 0.481 e. The molecule has 1 fully saturated rings. The van der Waals surface area contributed by atoms with Gasteiger partial charge >= 0.3 is 0 Å². The zero-order valence-electron chi connectivity index (χ0n) is 16.7. The first-order valence-corrected chi connectivity index (χ1v) is 9.99. The van der Waals surface area contributed by atoms with Gasteiger partial charge in [0.05, 0.1) is 11.0 Å². The number of para-hydroxylation sites is 2. The number of aryl methyl sites for hydroxylation is 1. The van der Waals surface area contributed by atoms with Crippen molar-refractivity contribution < 1.29 is 9.53 Å². The number of carbonyl (C=O) groups excluding carboxylic acids is 1. The van der Waals surface area contributed by atoms with E-state index in [1.807, 2.05) is 55.1 Å². The summed E-state index contributed by atoms with van der Waals surface area (Å²) in [6.07, 6.45) is 1.51. The Kier molecular flexibility index (Phi) is 5.07. The van der Waals surface area contributed by atoms with Crippen molar-refractivity contribution in [1.82, 2.24) is 14.9 Å². The smallest absolute Gasteiger partial charge is 0.263 e. The molecule has 5 nitrogen and oxygen atoms in total. The molecule has 1 aliphatic heterocycles. The van der Waals surface area contributed by atoms with Gasteiger partial charge in [-0.3, -0.25) is 4.79 Å². The highest BCUT2D eigenvalue weighted by Crippen LogP contribution is 2.28. The number of aromatic amines is 1. The number of nitrogens with zero attached hydrogens (tertiary/aromatic N) is 2. The number of aromatic nitrogens is 2. The number of ether oxygens (including phenoxy) is 1. The molecule has 0 saturated carbocycles. The zero-order chi connectivity index (χ0) is 19.7. The van der Waals surface area contributed by atoms with E-state index in [1.54, 1.807) is 0 Å². The molecule has 2 aromatic carbocycles. The van der Waals surface area contributed by atoms with E-state index in [0.29, 0.717) is 6.54 Å². The van der Waals surface area contributed by atoms with Crippen molar-refractivity contribution in [3.8, 4) is 5.75 Å². The molecule has 146 valence electrons. The fourth-order valence-electron chi connectivity index (χ4n) is 3.92. The lowest BCUT2D eigenvalue weighted by molar-refractivity contribution is -0.139. The summed E-state index contributed by atoms with van der Waals surface area (Å²) in [5.74, 6) is 2.04. The van der Waals surface area contributed by atoms with Crippen molar-refractivity contribution in [2.75, 3.05) is 13.1 Å². The van der Waals surface area contributed by atoms with Crippen molar-refractivity contribution in [2.24, 2.45) is 0 Å². The van der Waals surface area contributed by atoms with Gasteiger partial charge in [0.15, 0.2) is 6.10 Å². The standard InChI is InChI=1S/C23H27N3O2/c1-15-8-6-12-21(16(15)2)28-17(3)23(27)26-13-7-9-18(14-26)22-24-19-10-4-5-11-20(19)25-22/h4-6,8,10-12,17-18H,7,9,13-14H2,1-3H3,(H,24,25). The number of amides is 1. The SMILES string of the molecule is Cc1cccc(OC(C)C(=O)N2CCCC(c3nc4ccccc4[nH]3)C2)c1C. The third-order valence-electron chi connectivity index (χ3n) is 5.73. The lowest BCUT2D eigenvalue weighted by Gasteiger charge is -2.33. The van der Waals surface area contributed by atoms with E-state index < -0.39 is 6.10 Å². The number of likely N-dealkylation sites (tertiary alicyclic amines) is 1. The van der Waals surface area contributed by atoms with Gasteiger partial charge in [0.2, 0.25) is 0 Å². The van der Waals surface area contributed by atoms with Crippen LogP contribution in [0.15, 0.2) is 42.5 Å². The maximum Gasteiger partial charge on any atom is 0.263 e. The molecule has 1 aliphatic rings. The number of hydrogen-bond acceptors (Lipinski definition) is 3. The van der Waals surface area contributed by atoms with Crippen molar-refractivity contribution in [3.63, 3.8) is 0 Å². The molecule has 1 saturated heterocycles. The highest BCUT2D eigenvalue weighted by atomic mass is 16.5. The normalized spacial score (nSPS) is 18.2. The molecule has 5 heteroatoms. The zero-order valence-corrected chi connectivity index (χ0v) is 16.7. The number of benzene rings is 2. The maximum absolute atomic E-state index is 13.0. The number of nitrogens with one attached hydrogen (secondary N) is 1. The number of imidazole rings is 1. The molecule has 0 bridgehead atoms. The second-order valence-corrected chi connectivity index (χ2v) is 7.72. The highest BCUT2D eigenvalue weighted by molar-refractivity contribution is 5.81.